The summed E-state index contributed by atoms with van der Waals surface area (Å²) in [7, 11) is 4.75. The summed E-state index contributed by atoms with van der Waals surface area (Å²) < 4.78 is 0. The van der Waals surface area contributed by atoms with E-state index in [9.17, 15) is 5.11 Å². The molecule has 0 spiro atoms. The van der Waals surface area contributed by atoms with Gasteiger partial charge in [-0.15, -0.1) is 0 Å². The molecule has 3 aromatic carbocycles. The first-order valence-corrected chi connectivity index (χ1v) is 10.5. The van der Waals surface area contributed by atoms with Crippen molar-refractivity contribution in [3.63, 3.8) is 0 Å². The highest BCUT2D eigenvalue weighted by Crippen LogP contribution is 2.54. The van der Waals surface area contributed by atoms with Crippen molar-refractivity contribution < 1.29 is 5.11 Å². The van der Waals surface area contributed by atoms with Crippen molar-refractivity contribution >= 4 is 20.0 Å². The number of aliphatic hydroxyl groups is 1. The van der Waals surface area contributed by atoms with Gasteiger partial charge in [-0.1, -0.05) is 78.9 Å². The maximum absolute atomic E-state index is 11.7. The van der Waals surface area contributed by atoms with Crippen LogP contribution in [0, 0.1) is 0 Å². The van der Waals surface area contributed by atoms with Gasteiger partial charge in [0.15, 0.2) is 0 Å². The minimum atomic E-state index is -2.00. The normalized spacial score (nSPS) is 14.1. The van der Waals surface area contributed by atoms with Crippen molar-refractivity contribution in [3.8, 4) is 0 Å². The van der Waals surface area contributed by atoms with Crippen molar-refractivity contribution in [1.29, 1.82) is 0 Å². The molecule has 0 amide bonds. The van der Waals surface area contributed by atoms with Gasteiger partial charge in [-0.3, -0.25) is 7.57 Å². The van der Waals surface area contributed by atoms with Gasteiger partial charge in [-0.05, 0) is 23.3 Å². The third kappa shape index (κ3) is 3.46. The zero-order valence-corrected chi connectivity index (χ0v) is 14.7. The molecule has 3 rings (SSSR count). The van der Waals surface area contributed by atoms with Crippen molar-refractivity contribution in [3.05, 3.63) is 102 Å². The van der Waals surface area contributed by atoms with Crippen LogP contribution in [0.1, 0.15) is 11.1 Å². The molecule has 1 atom stereocenters. The van der Waals surface area contributed by atoms with Crippen LogP contribution in [-0.4, -0.2) is 25.5 Å². The molecule has 1 unspecified atom stereocenters. The minimum absolute atomic E-state index is 0.498. The summed E-state index contributed by atoms with van der Waals surface area (Å²) in [6.07, 6.45) is 0.498. The van der Waals surface area contributed by atoms with Gasteiger partial charge in [0, 0.05) is 12.0 Å². The minimum Gasteiger partial charge on any atom is -0.377 e. The molecule has 0 heterocycles. The molecular formula is C21H21BOP. The summed E-state index contributed by atoms with van der Waals surface area (Å²) in [4.78, 5) is 0. The Kier molecular flexibility index (Phi) is 4.89. The van der Waals surface area contributed by atoms with Crippen LogP contribution in [0.3, 0.4) is 0 Å². The Morgan fingerprint density at radius 2 is 1.12 bits per heavy atom. The molecular weight excluding hydrogens is 310 g/mol. The average molecular weight is 331 g/mol. The van der Waals surface area contributed by atoms with Gasteiger partial charge in [0.05, 0.1) is 6.16 Å². The quantitative estimate of drug-likeness (QED) is 0.554. The Bertz CT molecular complexity index is 733. The van der Waals surface area contributed by atoms with E-state index in [1.807, 2.05) is 78.9 Å². The lowest BCUT2D eigenvalue weighted by atomic mass is 9.88. The summed E-state index contributed by atoms with van der Waals surface area (Å²) in [6, 6.07) is 29.7. The Morgan fingerprint density at radius 1 is 0.750 bits per heavy atom. The molecule has 0 saturated heterocycles. The smallest absolute Gasteiger partial charge is 0.144 e. The van der Waals surface area contributed by atoms with Gasteiger partial charge < -0.3 is 5.11 Å². The van der Waals surface area contributed by atoms with Crippen molar-refractivity contribution in [2.75, 3.05) is 12.8 Å². The number of hydrogen-bond donors (Lipinski definition) is 1. The SMILES string of the molecule is [B-][P+](C)(CC(O)(c1ccccc1)c1ccccc1)c1ccccc1. The second kappa shape index (κ2) is 6.93. The zero-order valence-electron chi connectivity index (χ0n) is 13.8. The molecule has 1 nitrogen and oxygen atoms in total. The van der Waals surface area contributed by atoms with Crippen LogP contribution in [0.25, 0.3) is 0 Å². The van der Waals surface area contributed by atoms with E-state index < -0.39 is 12.7 Å². The third-order valence-corrected chi connectivity index (χ3v) is 7.00. The molecule has 0 bridgehead atoms. The van der Waals surface area contributed by atoms with E-state index in [-0.39, 0.29) is 0 Å². The Morgan fingerprint density at radius 3 is 1.54 bits per heavy atom. The molecule has 3 aromatic rings. The first-order chi connectivity index (χ1) is 11.5. The molecule has 1 N–H and O–H groups in total. The molecule has 0 aliphatic heterocycles. The fourth-order valence-corrected chi connectivity index (χ4v) is 5.46. The summed E-state index contributed by atoms with van der Waals surface area (Å²) in [5.41, 5.74) is 0.655. The lowest BCUT2D eigenvalue weighted by Crippen LogP contribution is -2.35. The molecule has 3 heteroatoms. The average Bonchev–Trinajstić information content (AvgIpc) is 2.63. The first-order valence-electron chi connectivity index (χ1n) is 8.05. The van der Waals surface area contributed by atoms with Crippen LogP contribution in [-0.2, 0) is 5.60 Å². The zero-order chi connectivity index (χ0) is 17.0. The van der Waals surface area contributed by atoms with Crippen LogP contribution in [0.5, 0.6) is 0 Å². The number of benzene rings is 3. The van der Waals surface area contributed by atoms with Gasteiger partial charge in [0.25, 0.3) is 0 Å². The van der Waals surface area contributed by atoms with Crippen LogP contribution in [0.4, 0.5) is 0 Å². The number of rotatable bonds is 5. The van der Waals surface area contributed by atoms with Crippen LogP contribution >= 0.6 is 7.14 Å². The molecule has 0 aromatic heterocycles. The first kappa shape index (κ1) is 17.0. The van der Waals surface area contributed by atoms with Crippen molar-refractivity contribution in [1.82, 2.24) is 0 Å². The maximum Gasteiger partial charge on any atom is 0.144 e. The standard InChI is InChI=1S/C21H21BOP/c1-24(22,20-15-9-4-10-16-20)17-21(23,18-11-5-2-6-12-18)19-13-7-3-8-14-19/h2-16,23H,17H2,1H3. The van der Waals surface area contributed by atoms with Crippen molar-refractivity contribution in [2.45, 2.75) is 5.60 Å². The third-order valence-electron chi connectivity index (χ3n) is 4.41. The summed E-state index contributed by atoms with van der Waals surface area (Å²) in [5, 5.41) is 12.8. The van der Waals surface area contributed by atoms with E-state index in [0.717, 1.165) is 16.4 Å². The van der Waals surface area contributed by atoms with Crippen LogP contribution in [0.2, 0.25) is 0 Å². The van der Waals surface area contributed by atoms with Gasteiger partial charge in [-0.2, -0.15) is 0 Å². The Balaban J connectivity index is 2.06. The van der Waals surface area contributed by atoms with Gasteiger partial charge in [0.1, 0.15) is 5.60 Å². The number of hydrogen-bond acceptors (Lipinski definition) is 1. The van der Waals surface area contributed by atoms with Crippen LogP contribution in [0.15, 0.2) is 91.0 Å². The second-order valence-corrected chi connectivity index (χ2v) is 9.72. The van der Waals surface area contributed by atoms with Crippen molar-refractivity contribution in [2.24, 2.45) is 0 Å². The molecule has 0 fully saturated rings. The monoisotopic (exact) mass is 331 g/mol. The van der Waals surface area contributed by atoms with E-state index >= 15 is 0 Å². The fourth-order valence-electron chi connectivity index (χ4n) is 3.11. The predicted octanol–water partition coefficient (Wildman–Crippen LogP) is 3.98. The molecule has 0 aliphatic rings. The summed E-state index contributed by atoms with van der Waals surface area (Å²) in [5.74, 6) is 0. The van der Waals surface area contributed by atoms with Gasteiger partial charge >= 0.3 is 0 Å². The Labute approximate surface area is 146 Å². The van der Waals surface area contributed by atoms with E-state index in [0.29, 0.717) is 6.16 Å². The second-order valence-electron chi connectivity index (χ2n) is 6.35. The van der Waals surface area contributed by atoms with Gasteiger partial charge in [-0.25, -0.2) is 7.14 Å². The Hall–Kier alpha value is -1.89. The summed E-state index contributed by atoms with van der Waals surface area (Å²) >= 11 is 0. The van der Waals surface area contributed by atoms with Gasteiger partial charge in [0.2, 0.25) is 0 Å². The highest BCUT2D eigenvalue weighted by molar-refractivity contribution is 8.02. The lowest BCUT2D eigenvalue weighted by Gasteiger charge is -2.41. The fraction of sp³-hybridized carbons (Fsp3) is 0.143. The molecule has 24 heavy (non-hydrogen) atoms. The topological polar surface area (TPSA) is 20.2 Å². The van der Waals surface area contributed by atoms with Crippen LogP contribution < -0.4 is 5.30 Å². The summed E-state index contributed by atoms with van der Waals surface area (Å²) in [6.45, 7) is 2.08. The predicted molar refractivity (Wildman–Crippen MR) is 105 cm³/mol. The van der Waals surface area contributed by atoms with E-state index in [1.54, 1.807) is 0 Å². The maximum atomic E-state index is 11.7. The highest BCUT2D eigenvalue weighted by atomic mass is 31.2. The van der Waals surface area contributed by atoms with E-state index in [2.05, 4.69) is 18.8 Å². The van der Waals surface area contributed by atoms with E-state index in [4.69, 9.17) is 7.57 Å². The molecule has 119 valence electrons. The lowest BCUT2D eigenvalue weighted by molar-refractivity contribution is 0.106. The molecule has 0 aliphatic carbocycles. The van der Waals surface area contributed by atoms with E-state index in [1.165, 1.54) is 0 Å². The highest BCUT2D eigenvalue weighted by Gasteiger charge is 2.37. The molecule has 3 radical (unpaired) electrons. The largest absolute Gasteiger partial charge is 0.377 e. The molecule has 0 saturated carbocycles.